The zero-order chi connectivity index (χ0) is 10.4. The molecule has 80 valence electrons. The van der Waals surface area contributed by atoms with Crippen molar-refractivity contribution in [2.75, 3.05) is 6.79 Å². The van der Waals surface area contributed by atoms with Gasteiger partial charge in [0.15, 0.2) is 0 Å². The predicted octanol–water partition coefficient (Wildman–Crippen LogP) is 2.44. The Morgan fingerprint density at radius 1 is 1.14 bits per heavy atom. The normalized spacial score (nSPS) is 17.5. The SMILES string of the molecule is O=C(Cl)OCOC(=O)C1CCCCC1. The monoisotopic (exact) mass is 220 g/mol. The van der Waals surface area contributed by atoms with E-state index in [1.54, 1.807) is 0 Å². The first-order chi connectivity index (χ1) is 6.70. The standard InChI is InChI=1S/C9H13ClO4/c10-9(12)14-6-13-8(11)7-4-2-1-3-5-7/h7H,1-6H2. The third-order valence-electron chi connectivity index (χ3n) is 2.31. The maximum atomic E-state index is 11.3. The summed E-state index contributed by atoms with van der Waals surface area (Å²) >= 11 is 4.89. The highest BCUT2D eigenvalue weighted by Crippen LogP contribution is 2.24. The number of hydrogen-bond donors (Lipinski definition) is 0. The van der Waals surface area contributed by atoms with Gasteiger partial charge in [-0.2, -0.15) is 0 Å². The van der Waals surface area contributed by atoms with Gasteiger partial charge in [0, 0.05) is 11.6 Å². The van der Waals surface area contributed by atoms with Crippen molar-refractivity contribution in [2.45, 2.75) is 32.1 Å². The van der Waals surface area contributed by atoms with Gasteiger partial charge in [0.05, 0.1) is 5.92 Å². The molecule has 1 aliphatic rings. The average molecular weight is 221 g/mol. The Kier molecular flexibility index (Phi) is 4.73. The van der Waals surface area contributed by atoms with Gasteiger partial charge in [0.1, 0.15) is 0 Å². The first kappa shape index (κ1) is 11.3. The van der Waals surface area contributed by atoms with Crippen molar-refractivity contribution in [1.82, 2.24) is 0 Å². The fourth-order valence-corrected chi connectivity index (χ4v) is 1.63. The van der Waals surface area contributed by atoms with Gasteiger partial charge in [-0.05, 0) is 12.8 Å². The van der Waals surface area contributed by atoms with Gasteiger partial charge in [-0.3, -0.25) is 4.79 Å². The lowest BCUT2D eigenvalue weighted by atomic mass is 9.89. The second-order valence-electron chi connectivity index (χ2n) is 3.30. The van der Waals surface area contributed by atoms with Crippen molar-refractivity contribution in [2.24, 2.45) is 5.92 Å². The molecule has 14 heavy (non-hydrogen) atoms. The Labute approximate surface area is 87.5 Å². The van der Waals surface area contributed by atoms with E-state index < -0.39 is 5.43 Å². The van der Waals surface area contributed by atoms with Crippen LogP contribution in [0.5, 0.6) is 0 Å². The fraction of sp³-hybridized carbons (Fsp3) is 0.778. The molecule has 5 heteroatoms. The molecule has 0 aliphatic heterocycles. The number of carbonyl (C=O) groups excluding carboxylic acids is 2. The number of esters is 1. The van der Waals surface area contributed by atoms with Gasteiger partial charge in [-0.15, -0.1) is 0 Å². The predicted molar refractivity (Wildman–Crippen MR) is 49.9 cm³/mol. The van der Waals surface area contributed by atoms with Crippen LogP contribution in [0.3, 0.4) is 0 Å². The molecular formula is C9H13ClO4. The molecule has 1 fully saturated rings. The minimum absolute atomic E-state index is 0.0298. The largest absolute Gasteiger partial charge is 0.428 e. The van der Waals surface area contributed by atoms with E-state index in [1.807, 2.05) is 0 Å². The summed E-state index contributed by atoms with van der Waals surface area (Å²) in [5.74, 6) is -0.319. The van der Waals surface area contributed by atoms with Gasteiger partial charge in [0.25, 0.3) is 0 Å². The lowest BCUT2D eigenvalue weighted by molar-refractivity contribution is -0.157. The highest BCUT2D eigenvalue weighted by molar-refractivity contribution is 6.61. The lowest BCUT2D eigenvalue weighted by Gasteiger charge is -2.19. The van der Waals surface area contributed by atoms with Crippen LogP contribution in [0.4, 0.5) is 4.79 Å². The Balaban J connectivity index is 2.16. The van der Waals surface area contributed by atoms with E-state index in [0.29, 0.717) is 0 Å². The molecule has 0 radical (unpaired) electrons. The van der Waals surface area contributed by atoms with Crippen LogP contribution < -0.4 is 0 Å². The second-order valence-corrected chi connectivity index (χ2v) is 3.61. The molecule has 0 N–H and O–H groups in total. The smallest absolute Gasteiger partial charge is 0.406 e. The van der Waals surface area contributed by atoms with Crippen molar-refractivity contribution in [1.29, 1.82) is 0 Å². The molecule has 0 spiro atoms. The minimum Gasteiger partial charge on any atom is -0.428 e. The molecular weight excluding hydrogens is 208 g/mol. The summed E-state index contributed by atoms with van der Waals surface area (Å²) in [4.78, 5) is 21.5. The molecule has 0 amide bonds. The maximum Gasteiger partial charge on any atom is 0.406 e. The van der Waals surface area contributed by atoms with Crippen molar-refractivity contribution in [3.05, 3.63) is 0 Å². The Hall–Kier alpha value is -0.770. The summed E-state index contributed by atoms with van der Waals surface area (Å²) in [5, 5.41) is 0. The van der Waals surface area contributed by atoms with Crippen LogP contribution in [0, 0.1) is 5.92 Å². The third kappa shape index (κ3) is 3.96. The van der Waals surface area contributed by atoms with E-state index in [0.717, 1.165) is 25.7 Å². The van der Waals surface area contributed by atoms with Gasteiger partial charge in [-0.1, -0.05) is 19.3 Å². The molecule has 0 heterocycles. The summed E-state index contributed by atoms with van der Waals surface area (Å²) in [5.41, 5.74) is -0.957. The van der Waals surface area contributed by atoms with Gasteiger partial charge < -0.3 is 9.47 Å². The van der Waals surface area contributed by atoms with E-state index in [2.05, 4.69) is 4.74 Å². The third-order valence-corrected chi connectivity index (χ3v) is 2.42. The van der Waals surface area contributed by atoms with Gasteiger partial charge in [0.2, 0.25) is 6.79 Å². The summed E-state index contributed by atoms with van der Waals surface area (Å²) in [6, 6.07) is 0. The molecule has 1 saturated carbocycles. The van der Waals surface area contributed by atoms with Gasteiger partial charge >= 0.3 is 11.4 Å². The van der Waals surface area contributed by atoms with Crippen LogP contribution in [-0.4, -0.2) is 18.2 Å². The fourth-order valence-electron chi connectivity index (χ4n) is 1.59. The Bertz CT molecular complexity index is 211. The van der Waals surface area contributed by atoms with E-state index in [4.69, 9.17) is 16.3 Å². The quantitative estimate of drug-likeness (QED) is 0.417. The highest BCUT2D eigenvalue weighted by atomic mass is 35.5. The summed E-state index contributed by atoms with van der Waals surface area (Å²) < 4.78 is 9.01. The van der Waals surface area contributed by atoms with Crippen molar-refractivity contribution < 1.29 is 19.1 Å². The molecule has 4 nitrogen and oxygen atoms in total. The minimum atomic E-state index is -0.957. The zero-order valence-corrected chi connectivity index (χ0v) is 8.59. The van der Waals surface area contributed by atoms with E-state index in [9.17, 15) is 9.59 Å². The highest BCUT2D eigenvalue weighted by Gasteiger charge is 2.22. The summed E-state index contributed by atoms with van der Waals surface area (Å²) in [6.45, 7) is -0.377. The van der Waals surface area contributed by atoms with Crippen LogP contribution >= 0.6 is 11.6 Å². The molecule has 1 aliphatic carbocycles. The molecule has 0 aromatic carbocycles. The van der Waals surface area contributed by atoms with Crippen LogP contribution in [0.2, 0.25) is 0 Å². The first-order valence-electron chi connectivity index (χ1n) is 4.69. The second kappa shape index (κ2) is 5.86. The molecule has 0 saturated heterocycles. The number of ether oxygens (including phenoxy) is 2. The molecule has 0 aromatic rings. The van der Waals surface area contributed by atoms with Crippen molar-refractivity contribution in [3.8, 4) is 0 Å². The molecule has 0 bridgehead atoms. The van der Waals surface area contributed by atoms with Crippen molar-refractivity contribution in [3.63, 3.8) is 0 Å². The van der Waals surface area contributed by atoms with Crippen LogP contribution in [-0.2, 0) is 14.3 Å². The van der Waals surface area contributed by atoms with Crippen LogP contribution in [0.15, 0.2) is 0 Å². The Morgan fingerprint density at radius 3 is 2.36 bits per heavy atom. The topological polar surface area (TPSA) is 52.6 Å². The summed E-state index contributed by atoms with van der Waals surface area (Å²) in [6.07, 6.45) is 5.05. The molecule has 0 aromatic heterocycles. The molecule has 1 rings (SSSR count). The van der Waals surface area contributed by atoms with Crippen LogP contribution in [0.25, 0.3) is 0 Å². The maximum absolute atomic E-state index is 11.3. The number of halogens is 1. The van der Waals surface area contributed by atoms with E-state index in [1.165, 1.54) is 6.42 Å². The lowest BCUT2D eigenvalue weighted by Crippen LogP contribution is -2.21. The van der Waals surface area contributed by atoms with Crippen LogP contribution in [0.1, 0.15) is 32.1 Å². The first-order valence-corrected chi connectivity index (χ1v) is 5.07. The molecule has 0 atom stereocenters. The number of hydrogen-bond acceptors (Lipinski definition) is 4. The number of rotatable bonds is 3. The van der Waals surface area contributed by atoms with E-state index in [-0.39, 0.29) is 18.7 Å². The average Bonchev–Trinajstić information content (AvgIpc) is 2.18. The van der Waals surface area contributed by atoms with E-state index >= 15 is 0 Å². The summed E-state index contributed by atoms with van der Waals surface area (Å²) in [7, 11) is 0. The zero-order valence-electron chi connectivity index (χ0n) is 7.83. The molecule has 0 unspecified atom stereocenters. The number of carbonyl (C=O) groups is 2. The van der Waals surface area contributed by atoms with Crippen molar-refractivity contribution >= 4 is 23.0 Å². The Morgan fingerprint density at radius 2 is 1.79 bits per heavy atom. The van der Waals surface area contributed by atoms with Gasteiger partial charge in [-0.25, -0.2) is 4.79 Å².